The van der Waals surface area contributed by atoms with Crippen LogP contribution >= 0.6 is 11.3 Å². The zero-order valence-electron chi connectivity index (χ0n) is 22.5. The zero-order valence-corrected chi connectivity index (χ0v) is 23.3. The van der Waals surface area contributed by atoms with Gasteiger partial charge in [-0.15, -0.1) is 28.5 Å². The maximum Gasteiger partial charge on any atom is 0.573 e. The third-order valence-electron chi connectivity index (χ3n) is 5.77. The van der Waals surface area contributed by atoms with Gasteiger partial charge in [-0.1, -0.05) is 35.6 Å². The summed E-state index contributed by atoms with van der Waals surface area (Å²) in [6, 6.07) is 16.1. The predicted molar refractivity (Wildman–Crippen MR) is 149 cm³/mol. The maximum atomic E-state index is 12.4. The number of nitrogens with one attached hydrogen (secondary N) is 2. The number of rotatable bonds is 13. The zero-order chi connectivity index (χ0) is 30.0. The molecule has 2 N–H and O–H groups in total. The average molecular weight is 601 g/mol. The van der Waals surface area contributed by atoms with Crippen LogP contribution in [0.1, 0.15) is 34.7 Å². The number of ether oxygens (including phenoxy) is 2. The Labute approximate surface area is 243 Å². The highest BCUT2D eigenvalue weighted by molar-refractivity contribution is 7.15. The number of aryl methyl sites for hydroxylation is 2. The second kappa shape index (κ2) is 14.3. The fourth-order valence-electron chi connectivity index (χ4n) is 3.90. The van der Waals surface area contributed by atoms with Gasteiger partial charge >= 0.3 is 6.36 Å². The van der Waals surface area contributed by atoms with Gasteiger partial charge in [0.15, 0.2) is 5.82 Å². The Hall–Kier alpha value is -4.59. The Morgan fingerprint density at radius 3 is 2.14 bits per heavy atom. The van der Waals surface area contributed by atoms with E-state index in [0.717, 1.165) is 35.2 Å². The number of aromatic nitrogens is 4. The van der Waals surface area contributed by atoms with Crippen molar-refractivity contribution < 1.29 is 32.2 Å². The van der Waals surface area contributed by atoms with Crippen LogP contribution in [0.25, 0.3) is 0 Å². The van der Waals surface area contributed by atoms with Crippen molar-refractivity contribution >= 4 is 34.1 Å². The van der Waals surface area contributed by atoms with E-state index in [-0.39, 0.29) is 24.5 Å². The van der Waals surface area contributed by atoms with E-state index in [1.807, 2.05) is 24.3 Å². The Morgan fingerprint density at radius 1 is 0.810 bits per heavy atom. The molecule has 0 aliphatic carbocycles. The number of hydrogen-bond acceptors (Lipinski definition) is 9. The number of benzene rings is 2. The number of carbonyl (C=O) groups is 2. The van der Waals surface area contributed by atoms with E-state index in [1.54, 1.807) is 19.2 Å². The van der Waals surface area contributed by atoms with Crippen LogP contribution < -0.4 is 20.1 Å². The Balaban J connectivity index is 1.15. The van der Waals surface area contributed by atoms with Gasteiger partial charge in [-0.2, -0.15) is 5.10 Å². The van der Waals surface area contributed by atoms with Gasteiger partial charge in [-0.3, -0.25) is 9.59 Å². The highest BCUT2D eigenvalue weighted by Gasteiger charge is 2.31. The minimum absolute atomic E-state index is 0.143. The Kier molecular flexibility index (Phi) is 10.4. The smallest absolute Gasteiger partial charge is 0.497 e. The normalized spacial score (nSPS) is 11.1. The number of carbonyl (C=O) groups excluding carboxylic acids is 2. The molecule has 0 radical (unpaired) electrons. The van der Waals surface area contributed by atoms with Crippen LogP contribution in [0.5, 0.6) is 11.5 Å². The molecular formula is C28H27F3N6O4S. The second-order valence-electron chi connectivity index (χ2n) is 9.11. The van der Waals surface area contributed by atoms with Crippen molar-refractivity contribution in [1.82, 2.24) is 20.4 Å². The number of methoxy groups -OCH3 is 1. The van der Waals surface area contributed by atoms with Crippen molar-refractivity contribution in [2.24, 2.45) is 0 Å². The molecule has 0 saturated carbocycles. The molecule has 4 aromatic rings. The summed E-state index contributed by atoms with van der Waals surface area (Å²) in [6.07, 6.45) is -1.81. The summed E-state index contributed by atoms with van der Waals surface area (Å²) in [5, 5.41) is 22.7. The van der Waals surface area contributed by atoms with Crippen LogP contribution in [0.15, 0.2) is 60.7 Å². The van der Waals surface area contributed by atoms with Gasteiger partial charge in [-0.05, 0) is 66.8 Å². The van der Waals surface area contributed by atoms with Crippen LogP contribution in [0.3, 0.4) is 0 Å². The van der Waals surface area contributed by atoms with Crippen LogP contribution in [0.2, 0.25) is 0 Å². The van der Waals surface area contributed by atoms with Crippen molar-refractivity contribution in [1.29, 1.82) is 0 Å². The molecule has 0 saturated heterocycles. The van der Waals surface area contributed by atoms with Gasteiger partial charge in [0.25, 0.3) is 0 Å². The minimum Gasteiger partial charge on any atom is -0.497 e. The number of hydrogen-bond donors (Lipinski definition) is 2. The molecule has 220 valence electrons. The van der Waals surface area contributed by atoms with Gasteiger partial charge in [0.05, 0.1) is 25.6 Å². The maximum absolute atomic E-state index is 12.4. The van der Waals surface area contributed by atoms with E-state index in [0.29, 0.717) is 35.1 Å². The number of unbranched alkanes of at least 4 members (excludes halogenated alkanes) is 1. The fourth-order valence-corrected chi connectivity index (χ4v) is 4.70. The molecule has 2 heterocycles. The number of nitrogens with zero attached hydrogens (tertiary/aromatic N) is 4. The largest absolute Gasteiger partial charge is 0.573 e. The van der Waals surface area contributed by atoms with Gasteiger partial charge < -0.3 is 20.1 Å². The van der Waals surface area contributed by atoms with Crippen molar-refractivity contribution in [3.8, 4) is 11.5 Å². The molecule has 2 amide bonds. The first-order chi connectivity index (χ1) is 20.1. The fraction of sp³-hybridized carbons (Fsp3) is 0.286. The number of amides is 2. The number of alkyl halides is 3. The SMILES string of the molecule is COc1cccc(CC(=O)Nc2ccc(CCCCc3nnc(NC(=O)Cc4cccc(OC(F)(F)F)c4)s3)nn2)c1. The number of anilines is 2. The van der Waals surface area contributed by atoms with Crippen molar-refractivity contribution in [2.75, 3.05) is 17.7 Å². The highest BCUT2D eigenvalue weighted by atomic mass is 32.1. The number of halogens is 3. The molecule has 0 unspecified atom stereocenters. The molecule has 2 aromatic carbocycles. The van der Waals surface area contributed by atoms with Crippen LogP contribution in [-0.2, 0) is 35.3 Å². The first-order valence-electron chi connectivity index (χ1n) is 12.9. The predicted octanol–water partition coefficient (Wildman–Crippen LogP) is 5.16. The topological polar surface area (TPSA) is 128 Å². The van der Waals surface area contributed by atoms with Gasteiger partial charge in [0, 0.05) is 6.42 Å². The molecule has 0 fully saturated rings. The molecule has 4 rings (SSSR count). The van der Waals surface area contributed by atoms with Crippen molar-refractivity contribution in [3.05, 3.63) is 82.5 Å². The summed E-state index contributed by atoms with van der Waals surface area (Å²) in [5.74, 6) is 0.0323. The van der Waals surface area contributed by atoms with Gasteiger partial charge in [-0.25, -0.2) is 0 Å². The van der Waals surface area contributed by atoms with Crippen LogP contribution in [0, 0.1) is 0 Å². The van der Waals surface area contributed by atoms with E-state index in [9.17, 15) is 22.8 Å². The van der Waals surface area contributed by atoms with Crippen LogP contribution in [-0.4, -0.2) is 45.7 Å². The Bertz CT molecular complexity index is 1500. The Morgan fingerprint density at radius 2 is 1.48 bits per heavy atom. The van der Waals surface area contributed by atoms with E-state index >= 15 is 0 Å². The third-order valence-corrected chi connectivity index (χ3v) is 6.67. The van der Waals surface area contributed by atoms with Gasteiger partial charge in [0.1, 0.15) is 16.5 Å². The summed E-state index contributed by atoms with van der Waals surface area (Å²) in [7, 11) is 1.57. The first-order valence-corrected chi connectivity index (χ1v) is 13.7. The lowest BCUT2D eigenvalue weighted by Gasteiger charge is -2.09. The summed E-state index contributed by atoms with van der Waals surface area (Å²) < 4.78 is 46.3. The lowest BCUT2D eigenvalue weighted by atomic mass is 10.1. The molecule has 0 spiro atoms. The average Bonchev–Trinajstić information content (AvgIpc) is 3.38. The molecule has 0 aliphatic heterocycles. The molecule has 0 aliphatic rings. The second-order valence-corrected chi connectivity index (χ2v) is 10.2. The monoisotopic (exact) mass is 600 g/mol. The molecule has 42 heavy (non-hydrogen) atoms. The summed E-state index contributed by atoms with van der Waals surface area (Å²) in [4.78, 5) is 24.6. The minimum atomic E-state index is -4.81. The standard InChI is InChI=1S/C28H27F3N6O4S/c1-40-21-9-4-6-18(14-21)16-24(38)32-23-13-12-20(34-35-23)8-2-3-11-26-36-37-27(42-26)33-25(39)17-19-7-5-10-22(15-19)41-28(29,30)31/h4-7,9-10,12-15H,2-3,8,11,16-17H2,1H3,(H,32,35,38)(H,33,37,39). The van der Waals surface area contributed by atoms with Crippen LogP contribution in [0.4, 0.5) is 24.1 Å². The van der Waals surface area contributed by atoms with E-state index < -0.39 is 12.3 Å². The van der Waals surface area contributed by atoms with E-state index in [2.05, 4.69) is 35.8 Å². The third kappa shape index (κ3) is 10.1. The van der Waals surface area contributed by atoms with Crippen molar-refractivity contribution in [3.63, 3.8) is 0 Å². The van der Waals surface area contributed by atoms with Gasteiger partial charge in [0.2, 0.25) is 16.9 Å². The summed E-state index contributed by atoms with van der Waals surface area (Å²) >= 11 is 1.24. The van der Waals surface area contributed by atoms with E-state index in [1.165, 1.54) is 29.5 Å². The molecule has 0 bridgehead atoms. The first kappa shape index (κ1) is 30.4. The lowest BCUT2D eigenvalue weighted by molar-refractivity contribution is -0.274. The summed E-state index contributed by atoms with van der Waals surface area (Å²) in [5.41, 5.74) is 1.98. The highest BCUT2D eigenvalue weighted by Crippen LogP contribution is 2.24. The molecule has 2 aromatic heterocycles. The molecular weight excluding hydrogens is 573 g/mol. The summed E-state index contributed by atoms with van der Waals surface area (Å²) in [6.45, 7) is 0. The lowest BCUT2D eigenvalue weighted by Crippen LogP contribution is -2.17. The quantitative estimate of drug-likeness (QED) is 0.201. The molecule has 0 atom stereocenters. The molecule has 14 heteroatoms. The van der Waals surface area contributed by atoms with Crippen molar-refractivity contribution in [2.45, 2.75) is 44.9 Å². The van der Waals surface area contributed by atoms with E-state index in [4.69, 9.17) is 4.74 Å². The molecule has 10 nitrogen and oxygen atoms in total.